The zero-order chi connectivity index (χ0) is 16.3. The van der Waals surface area contributed by atoms with Crippen LogP contribution < -0.4 is 5.32 Å². The first-order valence-electron chi connectivity index (χ1n) is 7.05. The maximum absolute atomic E-state index is 12.4. The summed E-state index contributed by atoms with van der Waals surface area (Å²) in [5.41, 5.74) is 2.42. The second-order valence-corrected chi connectivity index (χ2v) is 5.44. The van der Waals surface area contributed by atoms with Crippen LogP contribution in [0.15, 0.2) is 42.5 Å². The van der Waals surface area contributed by atoms with Crippen LogP contribution in [0.5, 0.6) is 0 Å². The minimum Gasteiger partial charge on any atom is -0.322 e. The lowest BCUT2D eigenvalue weighted by atomic mass is 10.0. The Morgan fingerprint density at radius 1 is 1.18 bits per heavy atom. The highest BCUT2D eigenvalue weighted by Crippen LogP contribution is 2.23. The number of nitro groups is 1. The molecule has 1 N–H and O–H groups in total. The fourth-order valence-corrected chi connectivity index (χ4v) is 2.24. The average Bonchev–Trinajstić information content (AvgIpc) is 2.47. The molecule has 0 heterocycles. The summed E-state index contributed by atoms with van der Waals surface area (Å²) in [5, 5.41) is 13.7. The molecule has 0 saturated carbocycles. The van der Waals surface area contributed by atoms with Gasteiger partial charge in [0.25, 0.3) is 11.6 Å². The first-order valence-corrected chi connectivity index (χ1v) is 7.05. The molecule has 0 aliphatic carbocycles. The second-order valence-electron chi connectivity index (χ2n) is 5.44. The molecule has 0 atom stereocenters. The molecule has 1 amide bonds. The van der Waals surface area contributed by atoms with E-state index in [1.807, 2.05) is 18.2 Å². The van der Waals surface area contributed by atoms with Crippen LogP contribution in [0.4, 0.5) is 11.4 Å². The summed E-state index contributed by atoms with van der Waals surface area (Å²) < 4.78 is 0. The Bertz CT molecular complexity index is 724. The Hall–Kier alpha value is -2.69. The van der Waals surface area contributed by atoms with Crippen molar-refractivity contribution in [1.29, 1.82) is 0 Å². The highest BCUT2D eigenvalue weighted by Gasteiger charge is 2.18. The van der Waals surface area contributed by atoms with E-state index in [1.165, 1.54) is 12.1 Å². The molecule has 2 aromatic carbocycles. The van der Waals surface area contributed by atoms with Gasteiger partial charge in [-0.15, -0.1) is 0 Å². The van der Waals surface area contributed by atoms with Crippen LogP contribution >= 0.6 is 0 Å². The van der Waals surface area contributed by atoms with Crippen LogP contribution in [0, 0.1) is 17.0 Å². The Morgan fingerprint density at radius 2 is 1.86 bits per heavy atom. The van der Waals surface area contributed by atoms with Crippen molar-refractivity contribution in [2.75, 3.05) is 5.32 Å². The molecular formula is C17H18N2O3. The molecule has 0 aliphatic heterocycles. The van der Waals surface area contributed by atoms with Gasteiger partial charge in [0.2, 0.25) is 0 Å². The molecular weight excluding hydrogens is 280 g/mol. The van der Waals surface area contributed by atoms with Crippen molar-refractivity contribution in [3.63, 3.8) is 0 Å². The largest absolute Gasteiger partial charge is 0.322 e. The molecule has 22 heavy (non-hydrogen) atoms. The fourth-order valence-electron chi connectivity index (χ4n) is 2.24. The molecule has 5 nitrogen and oxygen atoms in total. The van der Waals surface area contributed by atoms with E-state index in [-0.39, 0.29) is 11.6 Å². The number of carbonyl (C=O) groups is 1. The number of anilines is 1. The SMILES string of the molecule is Cc1c(C(=O)Nc2cccc(C(C)C)c2)cccc1[N+](=O)[O-]. The van der Waals surface area contributed by atoms with Gasteiger partial charge in [-0.1, -0.05) is 32.0 Å². The summed E-state index contributed by atoms with van der Waals surface area (Å²) >= 11 is 0. The van der Waals surface area contributed by atoms with Crippen molar-refractivity contribution >= 4 is 17.3 Å². The van der Waals surface area contributed by atoms with Crippen LogP contribution in [0.1, 0.15) is 41.3 Å². The lowest BCUT2D eigenvalue weighted by Gasteiger charge is -2.11. The van der Waals surface area contributed by atoms with Crippen LogP contribution in [-0.2, 0) is 0 Å². The zero-order valence-corrected chi connectivity index (χ0v) is 12.8. The van der Waals surface area contributed by atoms with Gasteiger partial charge in [0.15, 0.2) is 0 Å². The molecule has 0 aromatic heterocycles. The third-order valence-electron chi connectivity index (χ3n) is 3.56. The minimum atomic E-state index is -0.481. The molecule has 0 radical (unpaired) electrons. The van der Waals surface area contributed by atoms with E-state index in [9.17, 15) is 14.9 Å². The van der Waals surface area contributed by atoms with Gasteiger partial charge in [-0.3, -0.25) is 14.9 Å². The van der Waals surface area contributed by atoms with E-state index < -0.39 is 4.92 Å². The number of nitrogens with one attached hydrogen (secondary N) is 1. The maximum Gasteiger partial charge on any atom is 0.273 e. The predicted molar refractivity (Wildman–Crippen MR) is 86.3 cm³/mol. The van der Waals surface area contributed by atoms with Gasteiger partial charge >= 0.3 is 0 Å². The minimum absolute atomic E-state index is 0.0522. The number of amides is 1. The molecule has 0 aliphatic rings. The standard InChI is InChI=1S/C17H18N2O3/c1-11(2)13-6-4-7-14(10-13)18-17(20)15-8-5-9-16(12(15)3)19(21)22/h4-11H,1-3H3,(H,18,20). The number of carbonyl (C=O) groups excluding carboxylic acids is 1. The Morgan fingerprint density at radius 3 is 2.50 bits per heavy atom. The first-order chi connectivity index (χ1) is 10.4. The van der Waals surface area contributed by atoms with E-state index >= 15 is 0 Å². The summed E-state index contributed by atoms with van der Waals surface area (Å²) in [7, 11) is 0. The molecule has 0 unspecified atom stereocenters. The van der Waals surface area contributed by atoms with E-state index in [0.717, 1.165) is 5.56 Å². The van der Waals surface area contributed by atoms with E-state index in [1.54, 1.807) is 19.1 Å². The number of benzene rings is 2. The summed E-state index contributed by atoms with van der Waals surface area (Å²) in [6.07, 6.45) is 0. The van der Waals surface area contributed by atoms with Gasteiger partial charge in [0.1, 0.15) is 0 Å². The summed E-state index contributed by atoms with van der Waals surface area (Å²) in [5.74, 6) is 0.0125. The summed E-state index contributed by atoms with van der Waals surface area (Å²) in [4.78, 5) is 22.8. The van der Waals surface area contributed by atoms with Crippen LogP contribution in [-0.4, -0.2) is 10.8 Å². The van der Waals surface area contributed by atoms with Gasteiger partial charge in [0.05, 0.1) is 4.92 Å². The van der Waals surface area contributed by atoms with Crippen molar-refractivity contribution in [3.05, 3.63) is 69.3 Å². The van der Waals surface area contributed by atoms with Crippen LogP contribution in [0.2, 0.25) is 0 Å². The number of hydrogen-bond acceptors (Lipinski definition) is 3. The lowest BCUT2D eigenvalue weighted by molar-refractivity contribution is -0.385. The van der Waals surface area contributed by atoms with E-state index in [4.69, 9.17) is 0 Å². The predicted octanol–water partition coefficient (Wildman–Crippen LogP) is 4.28. The van der Waals surface area contributed by atoms with Crippen molar-refractivity contribution in [2.24, 2.45) is 0 Å². The van der Waals surface area contributed by atoms with Crippen LogP contribution in [0.3, 0.4) is 0 Å². The molecule has 0 saturated heterocycles. The Labute approximate surface area is 129 Å². The zero-order valence-electron chi connectivity index (χ0n) is 12.8. The van der Waals surface area contributed by atoms with Crippen LogP contribution in [0.25, 0.3) is 0 Å². The molecule has 2 aromatic rings. The van der Waals surface area contributed by atoms with Gasteiger partial charge in [-0.05, 0) is 36.6 Å². The number of nitro benzene ring substituents is 1. The third kappa shape index (κ3) is 3.31. The monoisotopic (exact) mass is 298 g/mol. The van der Waals surface area contributed by atoms with Crippen molar-refractivity contribution in [2.45, 2.75) is 26.7 Å². The average molecular weight is 298 g/mol. The van der Waals surface area contributed by atoms with Crippen molar-refractivity contribution in [1.82, 2.24) is 0 Å². The molecule has 0 bridgehead atoms. The van der Waals surface area contributed by atoms with Gasteiger partial charge in [-0.25, -0.2) is 0 Å². The molecule has 0 fully saturated rings. The molecule has 114 valence electrons. The number of rotatable bonds is 4. The maximum atomic E-state index is 12.4. The third-order valence-corrected chi connectivity index (χ3v) is 3.56. The van der Waals surface area contributed by atoms with Crippen molar-refractivity contribution in [3.8, 4) is 0 Å². The number of hydrogen-bond donors (Lipinski definition) is 1. The summed E-state index contributed by atoms with van der Waals surface area (Å²) in [6.45, 7) is 5.73. The normalized spacial score (nSPS) is 10.5. The molecule has 2 rings (SSSR count). The first kappa shape index (κ1) is 15.7. The quantitative estimate of drug-likeness (QED) is 0.676. The highest BCUT2D eigenvalue weighted by atomic mass is 16.6. The lowest BCUT2D eigenvalue weighted by Crippen LogP contribution is -2.14. The Kier molecular flexibility index (Phi) is 4.56. The highest BCUT2D eigenvalue weighted by molar-refractivity contribution is 6.05. The molecule has 5 heteroatoms. The van der Waals surface area contributed by atoms with Gasteiger partial charge in [0, 0.05) is 22.9 Å². The topological polar surface area (TPSA) is 72.2 Å². The van der Waals surface area contributed by atoms with Crippen molar-refractivity contribution < 1.29 is 9.72 Å². The fraction of sp³-hybridized carbons (Fsp3) is 0.235. The number of nitrogens with zero attached hydrogens (tertiary/aromatic N) is 1. The summed E-state index contributed by atoms with van der Waals surface area (Å²) in [6, 6.07) is 12.1. The molecule has 0 spiro atoms. The van der Waals surface area contributed by atoms with Gasteiger partial charge < -0.3 is 5.32 Å². The Balaban J connectivity index is 2.28. The second kappa shape index (κ2) is 6.39. The smallest absolute Gasteiger partial charge is 0.273 e. The van der Waals surface area contributed by atoms with E-state index in [0.29, 0.717) is 22.7 Å². The van der Waals surface area contributed by atoms with E-state index in [2.05, 4.69) is 19.2 Å². The van der Waals surface area contributed by atoms with Gasteiger partial charge in [-0.2, -0.15) is 0 Å².